The lowest BCUT2D eigenvalue weighted by Gasteiger charge is -2.36. The van der Waals surface area contributed by atoms with E-state index in [0.29, 0.717) is 13.1 Å². The van der Waals surface area contributed by atoms with Gasteiger partial charge in [-0.05, 0) is 49.7 Å². The Morgan fingerprint density at radius 3 is 2.36 bits per heavy atom. The Labute approximate surface area is 154 Å². The van der Waals surface area contributed by atoms with Crippen molar-refractivity contribution in [1.82, 2.24) is 4.90 Å². The third-order valence-electron chi connectivity index (χ3n) is 4.52. The van der Waals surface area contributed by atoms with Crippen molar-refractivity contribution in [2.24, 2.45) is 0 Å². The fraction of sp³-hybridized carbons (Fsp3) is 0.350. The number of anilines is 1. The largest absolute Gasteiger partial charge is 0.484 e. The Bertz CT molecular complexity index is 738. The van der Waals surface area contributed by atoms with Gasteiger partial charge in [0.15, 0.2) is 6.61 Å². The molecule has 2 aromatic rings. The fourth-order valence-electron chi connectivity index (χ4n) is 3.04. The maximum Gasteiger partial charge on any atom is 0.260 e. The fourth-order valence-corrected chi connectivity index (χ4v) is 3.27. The van der Waals surface area contributed by atoms with Crippen molar-refractivity contribution in [3.63, 3.8) is 0 Å². The van der Waals surface area contributed by atoms with Crippen molar-refractivity contribution in [1.29, 1.82) is 0 Å². The van der Waals surface area contributed by atoms with Gasteiger partial charge in [0.1, 0.15) is 5.75 Å². The third kappa shape index (κ3) is 4.45. The van der Waals surface area contributed by atoms with Gasteiger partial charge in [0.2, 0.25) is 0 Å². The molecule has 0 atom stereocenters. The van der Waals surface area contributed by atoms with E-state index >= 15 is 0 Å². The molecule has 1 aliphatic heterocycles. The van der Waals surface area contributed by atoms with Gasteiger partial charge in [-0.15, -0.1) is 0 Å². The summed E-state index contributed by atoms with van der Waals surface area (Å²) in [6.45, 7) is 7.22. The predicted molar refractivity (Wildman–Crippen MR) is 102 cm³/mol. The number of nitrogens with zero attached hydrogens (tertiary/aromatic N) is 2. The molecule has 4 nitrogen and oxygen atoms in total. The first-order chi connectivity index (χ1) is 12.0. The van der Waals surface area contributed by atoms with Crippen LogP contribution in [0.3, 0.4) is 0 Å². The van der Waals surface area contributed by atoms with Crippen LogP contribution in [0.1, 0.15) is 11.1 Å². The lowest BCUT2D eigenvalue weighted by atomic mass is 10.1. The topological polar surface area (TPSA) is 32.8 Å². The second-order valence-corrected chi connectivity index (χ2v) is 6.84. The van der Waals surface area contributed by atoms with Crippen molar-refractivity contribution in [2.45, 2.75) is 13.8 Å². The predicted octanol–water partition coefficient (Wildman–Crippen LogP) is 3.68. The number of aryl methyl sites for hydroxylation is 2. The number of piperazine rings is 1. The molecule has 0 unspecified atom stereocenters. The van der Waals surface area contributed by atoms with Crippen LogP contribution in [0.5, 0.6) is 5.75 Å². The van der Waals surface area contributed by atoms with Gasteiger partial charge in [-0.1, -0.05) is 29.3 Å². The number of amides is 1. The molecule has 2 aromatic carbocycles. The number of halogens is 1. The molecular formula is C20H23ClN2O2. The van der Waals surface area contributed by atoms with Crippen LogP contribution in [0.2, 0.25) is 5.02 Å². The zero-order valence-electron chi connectivity index (χ0n) is 14.7. The summed E-state index contributed by atoms with van der Waals surface area (Å²) in [6.07, 6.45) is 0. The minimum Gasteiger partial charge on any atom is -0.484 e. The van der Waals surface area contributed by atoms with Crippen LogP contribution in [0.4, 0.5) is 5.69 Å². The molecule has 1 heterocycles. The van der Waals surface area contributed by atoms with Gasteiger partial charge < -0.3 is 14.5 Å². The summed E-state index contributed by atoms with van der Waals surface area (Å²) in [4.78, 5) is 16.5. The average Bonchev–Trinajstić information content (AvgIpc) is 2.61. The Morgan fingerprint density at radius 1 is 1.04 bits per heavy atom. The highest BCUT2D eigenvalue weighted by atomic mass is 35.5. The minimum absolute atomic E-state index is 0.0352. The van der Waals surface area contributed by atoms with Gasteiger partial charge in [0.25, 0.3) is 5.91 Å². The van der Waals surface area contributed by atoms with E-state index in [0.717, 1.165) is 29.4 Å². The summed E-state index contributed by atoms with van der Waals surface area (Å²) >= 11 is 6.03. The molecule has 5 heteroatoms. The van der Waals surface area contributed by atoms with E-state index < -0.39 is 0 Å². The standard InChI is InChI=1S/C20H23ClN2O2/c1-15-3-6-18(7-4-15)25-14-20(24)23-11-9-22(10-12-23)19-8-5-17(21)13-16(19)2/h3-8,13H,9-12,14H2,1-2H3. The van der Waals surface area contributed by atoms with E-state index in [2.05, 4.69) is 17.9 Å². The number of rotatable bonds is 4. The van der Waals surface area contributed by atoms with Gasteiger partial charge in [-0.3, -0.25) is 4.79 Å². The SMILES string of the molecule is Cc1ccc(OCC(=O)N2CCN(c3ccc(Cl)cc3C)CC2)cc1. The lowest BCUT2D eigenvalue weighted by molar-refractivity contribution is -0.133. The first-order valence-corrected chi connectivity index (χ1v) is 8.89. The van der Waals surface area contributed by atoms with Crippen molar-refractivity contribution in [2.75, 3.05) is 37.7 Å². The Hall–Kier alpha value is -2.20. The van der Waals surface area contributed by atoms with Gasteiger partial charge >= 0.3 is 0 Å². The van der Waals surface area contributed by atoms with Crippen LogP contribution in [0, 0.1) is 13.8 Å². The molecule has 1 aliphatic rings. The molecule has 0 aromatic heterocycles. The molecule has 0 N–H and O–H groups in total. The van der Waals surface area contributed by atoms with Crippen molar-refractivity contribution < 1.29 is 9.53 Å². The minimum atomic E-state index is 0.0352. The zero-order valence-corrected chi connectivity index (χ0v) is 15.4. The van der Waals surface area contributed by atoms with E-state index in [9.17, 15) is 4.79 Å². The van der Waals surface area contributed by atoms with E-state index in [1.54, 1.807) is 0 Å². The molecule has 1 saturated heterocycles. The van der Waals surface area contributed by atoms with Crippen LogP contribution in [0.15, 0.2) is 42.5 Å². The third-order valence-corrected chi connectivity index (χ3v) is 4.75. The number of carbonyl (C=O) groups is 1. The van der Waals surface area contributed by atoms with E-state index in [1.807, 2.05) is 48.2 Å². The monoisotopic (exact) mass is 358 g/mol. The molecule has 0 spiro atoms. The molecule has 0 radical (unpaired) electrons. The normalized spacial score (nSPS) is 14.5. The highest BCUT2D eigenvalue weighted by Gasteiger charge is 2.22. The second kappa shape index (κ2) is 7.79. The number of carbonyl (C=O) groups excluding carboxylic acids is 1. The Balaban J connectivity index is 1.51. The number of hydrogen-bond donors (Lipinski definition) is 0. The Morgan fingerprint density at radius 2 is 1.72 bits per heavy atom. The zero-order chi connectivity index (χ0) is 17.8. The first-order valence-electron chi connectivity index (χ1n) is 8.51. The highest BCUT2D eigenvalue weighted by Crippen LogP contribution is 2.24. The van der Waals surface area contributed by atoms with Crippen LogP contribution in [-0.2, 0) is 4.79 Å². The second-order valence-electron chi connectivity index (χ2n) is 6.40. The van der Waals surface area contributed by atoms with Crippen LogP contribution in [0.25, 0.3) is 0 Å². The van der Waals surface area contributed by atoms with Crippen LogP contribution >= 0.6 is 11.6 Å². The van der Waals surface area contributed by atoms with Crippen molar-refractivity contribution >= 4 is 23.2 Å². The van der Waals surface area contributed by atoms with Crippen LogP contribution < -0.4 is 9.64 Å². The summed E-state index contributed by atoms with van der Waals surface area (Å²) in [6, 6.07) is 13.7. The number of hydrogen-bond acceptors (Lipinski definition) is 3. The van der Waals surface area contributed by atoms with Gasteiger partial charge in [-0.2, -0.15) is 0 Å². The summed E-state index contributed by atoms with van der Waals surface area (Å²) in [5, 5.41) is 0.753. The van der Waals surface area contributed by atoms with Gasteiger partial charge in [0, 0.05) is 36.9 Å². The quantitative estimate of drug-likeness (QED) is 0.835. The van der Waals surface area contributed by atoms with Gasteiger partial charge in [0.05, 0.1) is 0 Å². The smallest absolute Gasteiger partial charge is 0.260 e. The molecule has 1 amide bonds. The maximum atomic E-state index is 12.4. The number of benzene rings is 2. The molecule has 3 rings (SSSR count). The van der Waals surface area contributed by atoms with Crippen LogP contribution in [-0.4, -0.2) is 43.6 Å². The van der Waals surface area contributed by atoms with E-state index in [4.69, 9.17) is 16.3 Å². The van der Waals surface area contributed by atoms with Crippen molar-refractivity contribution in [3.05, 3.63) is 58.6 Å². The molecular weight excluding hydrogens is 336 g/mol. The molecule has 0 bridgehead atoms. The lowest BCUT2D eigenvalue weighted by Crippen LogP contribution is -2.50. The summed E-state index contributed by atoms with van der Waals surface area (Å²) < 4.78 is 5.60. The van der Waals surface area contributed by atoms with E-state index in [-0.39, 0.29) is 12.5 Å². The maximum absolute atomic E-state index is 12.4. The molecule has 1 fully saturated rings. The highest BCUT2D eigenvalue weighted by molar-refractivity contribution is 6.30. The summed E-state index contributed by atoms with van der Waals surface area (Å²) in [5.41, 5.74) is 3.52. The first kappa shape index (κ1) is 17.6. The number of ether oxygens (including phenoxy) is 1. The van der Waals surface area contributed by atoms with E-state index in [1.165, 1.54) is 11.3 Å². The van der Waals surface area contributed by atoms with Crippen molar-refractivity contribution in [3.8, 4) is 5.75 Å². The average molecular weight is 359 g/mol. The van der Waals surface area contributed by atoms with Gasteiger partial charge in [-0.25, -0.2) is 0 Å². The Kier molecular flexibility index (Phi) is 5.49. The summed E-state index contributed by atoms with van der Waals surface area (Å²) in [5.74, 6) is 0.766. The molecule has 132 valence electrons. The molecule has 0 aliphatic carbocycles. The molecule has 0 saturated carbocycles. The molecule has 25 heavy (non-hydrogen) atoms. The summed E-state index contributed by atoms with van der Waals surface area (Å²) in [7, 11) is 0.